The van der Waals surface area contributed by atoms with Crippen molar-refractivity contribution in [2.75, 3.05) is 26.4 Å². The van der Waals surface area contributed by atoms with Gasteiger partial charge in [0.1, 0.15) is 5.75 Å². The zero-order valence-electron chi connectivity index (χ0n) is 27.1. The second-order valence-corrected chi connectivity index (χ2v) is 23.8. The third kappa shape index (κ3) is 26.5. The van der Waals surface area contributed by atoms with Gasteiger partial charge >= 0.3 is 0 Å². The van der Waals surface area contributed by atoms with Crippen molar-refractivity contribution in [2.45, 2.75) is 126 Å². The first kappa shape index (κ1) is 43.9. The van der Waals surface area contributed by atoms with Crippen molar-refractivity contribution in [3.63, 3.8) is 0 Å². The summed E-state index contributed by atoms with van der Waals surface area (Å²) in [4.78, 5) is 0. The Morgan fingerprint density at radius 1 is 0.667 bits per heavy atom. The zero-order chi connectivity index (χ0) is 28.7. The molecule has 1 N–H and O–H groups in total. The van der Waals surface area contributed by atoms with E-state index in [0.29, 0.717) is 5.75 Å². The molecule has 224 valence electrons. The SMILES string of the molecule is CCOCC.CCOCC.C[Si](C)(C)[CH-][Si](C)(C)C.Cc1cc(C(C)(C)C)c(O)c(C(C)(C)C)c1.[Yb]. The molecule has 0 fully saturated rings. The van der Waals surface area contributed by atoms with Crippen LogP contribution in [0.5, 0.6) is 5.75 Å². The molecule has 0 aliphatic carbocycles. The Morgan fingerprint density at radius 3 is 1.03 bits per heavy atom. The fourth-order valence-corrected chi connectivity index (χ4v) is 14.0. The zero-order valence-corrected chi connectivity index (χ0v) is 30.8. The molecule has 6 heteroatoms. The van der Waals surface area contributed by atoms with Gasteiger partial charge in [0, 0.05) is 73.4 Å². The molecule has 0 heterocycles. The third-order valence-corrected chi connectivity index (χ3v) is 11.5. The van der Waals surface area contributed by atoms with Gasteiger partial charge in [-0.15, -0.1) is 16.1 Å². The third-order valence-electron chi connectivity index (χ3n) is 4.55. The summed E-state index contributed by atoms with van der Waals surface area (Å²) in [6, 6.07) is 4.18. The average Bonchev–Trinajstić information content (AvgIpc) is 2.61. The number of rotatable bonds is 6. The van der Waals surface area contributed by atoms with Crippen LogP contribution in [0.2, 0.25) is 39.3 Å². The number of ether oxygens (including phenoxy) is 2. The summed E-state index contributed by atoms with van der Waals surface area (Å²) < 4.78 is 9.67. The van der Waals surface area contributed by atoms with E-state index in [1.807, 2.05) is 27.7 Å². The predicted octanol–water partition coefficient (Wildman–Crippen LogP) is 9.33. The number of aromatic hydroxyl groups is 1. The summed E-state index contributed by atoms with van der Waals surface area (Å²) in [7, 11) is -1.71. The number of benzene rings is 1. The molecular weight excluding hydrogens is 638 g/mol. The summed E-state index contributed by atoms with van der Waals surface area (Å²) in [6.07, 6.45) is 0. The first-order chi connectivity index (χ1) is 15.6. The molecule has 0 atom stereocenters. The van der Waals surface area contributed by atoms with E-state index < -0.39 is 16.1 Å². The van der Waals surface area contributed by atoms with Crippen LogP contribution in [0.1, 0.15) is 85.9 Å². The van der Waals surface area contributed by atoms with Crippen LogP contribution in [0, 0.1) is 59.5 Å². The number of hydrogen-bond acceptors (Lipinski definition) is 3. The van der Waals surface area contributed by atoms with Crippen LogP contribution in [0.15, 0.2) is 12.1 Å². The molecule has 0 aliphatic heterocycles. The van der Waals surface area contributed by atoms with Gasteiger partial charge in [-0.25, -0.2) is 0 Å². The molecule has 0 unspecified atom stereocenters. The molecule has 0 aliphatic rings. The second kappa shape index (κ2) is 20.7. The summed E-state index contributed by atoms with van der Waals surface area (Å²) >= 11 is 0. The minimum absolute atomic E-state index is 0. The normalized spacial score (nSPS) is 11.6. The molecule has 0 bridgehead atoms. The van der Waals surface area contributed by atoms with Gasteiger partial charge in [-0.1, -0.05) is 98.5 Å². The van der Waals surface area contributed by atoms with E-state index in [-0.39, 0.29) is 57.8 Å². The van der Waals surface area contributed by atoms with Gasteiger partial charge in [0.05, 0.1) is 0 Å². The fourth-order valence-electron chi connectivity index (χ4n) is 3.63. The molecule has 1 aromatic carbocycles. The number of aryl methyl sites for hydroxylation is 1. The van der Waals surface area contributed by atoms with Crippen LogP contribution in [0.25, 0.3) is 0 Å². The summed E-state index contributed by atoms with van der Waals surface area (Å²) in [6.45, 7) is 40.7. The van der Waals surface area contributed by atoms with E-state index in [4.69, 9.17) is 9.47 Å². The van der Waals surface area contributed by atoms with Crippen LogP contribution in [-0.2, 0) is 20.3 Å². The second-order valence-electron chi connectivity index (χ2n) is 13.1. The van der Waals surface area contributed by atoms with Gasteiger partial charge in [-0.3, -0.25) is 0 Å². The Labute approximate surface area is 268 Å². The molecule has 36 heavy (non-hydrogen) atoms. The molecule has 1 rings (SSSR count). The molecule has 0 aromatic heterocycles. The summed E-state index contributed by atoms with van der Waals surface area (Å²) in [5, 5.41) is 10.4. The minimum Gasteiger partial charge on any atom is -0.507 e. The van der Waals surface area contributed by atoms with Gasteiger partial charge in [-0.2, -0.15) is 0 Å². The van der Waals surface area contributed by atoms with Crippen LogP contribution in [0.4, 0.5) is 0 Å². The van der Waals surface area contributed by atoms with Crippen LogP contribution >= 0.6 is 0 Å². The largest absolute Gasteiger partial charge is 0.507 e. The molecule has 0 spiro atoms. The smallest absolute Gasteiger partial charge is 0.123 e. The molecule has 0 radical (unpaired) electrons. The molecule has 3 nitrogen and oxygen atoms in total. The van der Waals surface area contributed by atoms with Crippen molar-refractivity contribution in [2.24, 2.45) is 0 Å². The maximum absolute atomic E-state index is 10.4. The summed E-state index contributed by atoms with van der Waals surface area (Å²) in [5.74, 6) is 0.464. The predicted molar refractivity (Wildman–Crippen MR) is 166 cm³/mol. The molecule has 0 saturated heterocycles. The van der Waals surface area contributed by atoms with Gasteiger partial charge in [0.25, 0.3) is 0 Å². The van der Waals surface area contributed by atoms with Crippen molar-refractivity contribution in [3.05, 3.63) is 34.5 Å². The van der Waals surface area contributed by atoms with E-state index in [1.54, 1.807) is 0 Å². The van der Waals surface area contributed by atoms with Gasteiger partial charge in [-0.05, 0) is 56.6 Å². The first-order valence-electron chi connectivity index (χ1n) is 13.4. The van der Waals surface area contributed by atoms with Crippen molar-refractivity contribution < 1.29 is 61.5 Å². The Hall–Kier alpha value is 0.893. The molecule has 0 amide bonds. The van der Waals surface area contributed by atoms with Gasteiger partial charge in [0.2, 0.25) is 0 Å². The van der Waals surface area contributed by atoms with Gasteiger partial charge < -0.3 is 20.2 Å². The summed E-state index contributed by atoms with van der Waals surface area (Å²) in [5.41, 5.74) is 5.91. The van der Waals surface area contributed by atoms with Crippen LogP contribution in [0.3, 0.4) is 0 Å². The van der Waals surface area contributed by atoms with Gasteiger partial charge in [0.15, 0.2) is 0 Å². The Bertz CT molecular complexity index is 608. The van der Waals surface area contributed by atoms with Crippen molar-refractivity contribution in [1.82, 2.24) is 0 Å². The Kier molecular flexibility index (Phi) is 25.3. The Morgan fingerprint density at radius 2 is 0.917 bits per heavy atom. The maximum atomic E-state index is 10.4. The quantitative estimate of drug-likeness (QED) is 0.238. The first-order valence-corrected chi connectivity index (χ1v) is 20.6. The fraction of sp³-hybridized carbons (Fsp3) is 0.767. The van der Waals surface area contributed by atoms with E-state index >= 15 is 0 Å². The van der Waals surface area contributed by atoms with Crippen LogP contribution in [-0.4, -0.2) is 47.7 Å². The van der Waals surface area contributed by atoms with E-state index in [1.165, 1.54) is 5.56 Å². The number of phenols is 1. The average molecular weight is 701 g/mol. The Balaban J connectivity index is -0.000000217. The maximum Gasteiger partial charge on any atom is 0.123 e. The van der Waals surface area contributed by atoms with Crippen molar-refractivity contribution in [1.29, 1.82) is 0 Å². The minimum atomic E-state index is -0.856. The monoisotopic (exact) mass is 701 g/mol. The molecule has 0 saturated carbocycles. The number of hydrogen-bond donors (Lipinski definition) is 1. The van der Waals surface area contributed by atoms with E-state index in [9.17, 15) is 5.11 Å². The topological polar surface area (TPSA) is 38.7 Å². The number of phenolic OH excluding ortho intramolecular Hbond substituents is 1. The molecular formula is C30H63O3Si2Yb-. The van der Waals surface area contributed by atoms with Crippen molar-refractivity contribution >= 4 is 16.1 Å². The van der Waals surface area contributed by atoms with Crippen LogP contribution < -0.4 is 0 Å². The molecule has 1 aromatic rings. The van der Waals surface area contributed by atoms with E-state index in [0.717, 1.165) is 37.6 Å². The standard InChI is InChI=1S/C15H24O.C7H19Si2.2C4H10O.Yb/c1-10-8-11(14(2,3)4)13(16)12(9-10)15(5,6)7;1-8(2,3)7-9(4,5)6;2*1-3-5-4-2;/h8-9,16H,1-7H3;7H,1-6H3;2*3-4H2,1-2H3;/q;-1;;;. The van der Waals surface area contributed by atoms with E-state index in [2.05, 4.69) is 106 Å². The van der Waals surface area contributed by atoms with Crippen molar-refractivity contribution in [3.8, 4) is 5.75 Å².